The summed E-state index contributed by atoms with van der Waals surface area (Å²) in [5, 5.41) is 8.86. The summed E-state index contributed by atoms with van der Waals surface area (Å²) in [5.41, 5.74) is 1.19. The summed E-state index contributed by atoms with van der Waals surface area (Å²) in [5.74, 6) is 0.889. The molecule has 102 valence electrons. The van der Waals surface area contributed by atoms with Crippen molar-refractivity contribution in [2.45, 2.75) is 58.5 Å². The molecule has 1 aliphatic rings. The van der Waals surface area contributed by atoms with Crippen LogP contribution in [0.4, 0.5) is 0 Å². The molecule has 1 aliphatic carbocycles. The van der Waals surface area contributed by atoms with E-state index in [9.17, 15) is 0 Å². The fourth-order valence-electron chi connectivity index (χ4n) is 2.41. The maximum Gasteiger partial charge on any atom is 0.0834 e. The van der Waals surface area contributed by atoms with E-state index in [0.717, 1.165) is 36.9 Å². The van der Waals surface area contributed by atoms with E-state index >= 15 is 0 Å². The Labute approximate surface area is 115 Å². The highest BCUT2D eigenvalue weighted by molar-refractivity contribution is 6.31. The highest BCUT2D eigenvalue weighted by atomic mass is 35.5. The average molecular weight is 270 g/mol. The van der Waals surface area contributed by atoms with Gasteiger partial charge in [0, 0.05) is 6.54 Å². The van der Waals surface area contributed by atoms with Crippen molar-refractivity contribution in [3.05, 3.63) is 16.9 Å². The lowest BCUT2D eigenvalue weighted by Gasteiger charge is -2.20. The molecule has 18 heavy (non-hydrogen) atoms. The summed E-state index contributed by atoms with van der Waals surface area (Å²) in [4.78, 5) is 0. The van der Waals surface area contributed by atoms with Crippen LogP contribution < -0.4 is 5.32 Å². The SMILES string of the molecule is CCCNC(CC1CC1)c1c(Cl)cnn1CCC. The topological polar surface area (TPSA) is 29.9 Å². The van der Waals surface area contributed by atoms with Crippen LogP contribution in [0.15, 0.2) is 6.20 Å². The minimum absolute atomic E-state index is 0.374. The van der Waals surface area contributed by atoms with Crippen molar-refractivity contribution in [1.29, 1.82) is 0 Å². The number of nitrogens with zero attached hydrogens (tertiary/aromatic N) is 2. The van der Waals surface area contributed by atoms with Crippen LogP contribution in [0.2, 0.25) is 5.02 Å². The van der Waals surface area contributed by atoms with Gasteiger partial charge in [-0.2, -0.15) is 5.10 Å². The Bertz CT molecular complexity index is 371. The van der Waals surface area contributed by atoms with Crippen LogP contribution in [0.5, 0.6) is 0 Å². The number of hydrogen-bond donors (Lipinski definition) is 1. The van der Waals surface area contributed by atoms with Crippen LogP contribution in [0.3, 0.4) is 0 Å². The second kappa shape index (κ2) is 6.58. The van der Waals surface area contributed by atoms with Gasteiger partial charge < -0.3 is 5.32 Å². The number of aryl methyl sites for hydroxylation is 1. The molecule has 1 saturated carbocycles. The zero-order valence-electron chi connectivity index (χ0n) is 11.5. The van der Waals surface area contributed by atoms with Crippen molar-refractivity contribution in [3.8, 4) is 0 Å². The molecular weight excluding hydrogens is 246 g/mol. The van der Waals surface area contributed by atoms with Gasteiger partial charge in [-0.1, -0.05) is 38.3 Å². The molecule has 2 rings (SSSR count). The van der Waals surface area contributed by atoms with Gasteiger partial charge in [-0.25, -0.2) is 0 Å². The van der Waals surface area contributed by atoms with Gasteiger partial charge in [0.15, 0.2) is 0 Å². The largest absolute Gasteiger partial charge is 0.309 e. The van der Waals surface area contributed by atoms with Gasteiger partial charge in [-0.15, -0.1) is 0 Å². The van der Waals surface area contributed by atoms with E-state index in [-0.39, 0.29) is 0 Å². The van der Waals surface area contributed by atoms with Gasteiger partial charge in [0.1, 0.15) is 0 Å². The predicted molar refractivity (Wildman–Crippen MR) is 75.9 cm³/mol. The van der Waals surface area contributed by atoms with Gasteiger partial charge in [0.25, 0.3) is 0 Å². The summed E-state index contributed by atoms with van der Waals surface area (Å²) in [6.45, 7) is 6.38. The standard InChI is InChI=1S/C14H24ClN3/c1-3-7-16-13(9-11-5-6-11)14-12(15)10-17-18(14)8-4-2/h10-11,13,16H,3-9H2,1-2H3. The van der Waals surface area contributed by atoms with Gasteiger partial charge >= 0.3 is 0 Å². The lowest BCUT2D eigenvalue weighted by atomic mass is 10.1. The van der Waals surface area contributed by atoms with E-state index in [2.05, 4.69) is 28.9 Å². The smallest absolute Gasteiger partial charge is 0.0834 e. The molecule has 1 atom stereocenters. The summed E-state index contributed by atoms with van der Waals surface area (Å²) in [7, 11) is 0. The molecular formula is C14H24ClN3. The normalized spacial score (nSPS) is 17.1. The second-order valence-corrected chi connectivity index (χ2v) is 5.69. The maximum absolute atomic E-state index is 6.33. The predicted octanol–water partition coefficient (Wildman–Crippen LogP) is 3.79. The molecule has 0 amide bonds. The average Bonchev–Trinajstić information content (AvgIpc) is 3.10. The molecule has 1 fully saturated rings. The molecule has 1 aromatic heterocycles. The third-order valence-electron chi connectivity index (χ3n) is 3.51. The van der Waals surface area contributed by atoms with E-state index in [1.165, 1.54) is 25.0 Å². The quantitative estimate of drug-likeness (QED) is 0.778. The minimum atomic E-state index is 0.374. The first-order valence-electron chi connectivity index (χ1n) is 7.20. The molecule has 0 bridgehead atoms. The molecule has 0 spiro atoms. The van der Waals surface area contributed by atoms with Crippen molar-refractivity contribution >= 4 is 11.6 Å². The maximum atomic E-state index is 6.33. The van der Waals surface area contributed by atoms with Crippen molar-refractivity contribution in [2.24, 2.45) is 5.92 Å². The summed E-state index contributed by atoms with van der Waals surface area (Å²) in [6.07, 6.45) is 8.00. The first-order chi connectivity index (χ1) is 8.76. The fraction of sp³-hybridized carbons (Fsp3) is 0.786. The lowest BCUT2D eigenvalue weighted by Crippen LogP contribution is -2.25. The zero-order chi connectivity index (χ0) is 13.0. The molecule has 3 nitrogen and oxygen atoms in total. The fourth-order valence-corrected chi connectivity index (χ4v) is 2.68. The number of aromatic nitrogens is 2. The van der Waals surface area contributed by atoms with Crippen LogP contribution >= 0.6 is 11.6 Å². The number of halogens is 1. The summed E-state index contributed by atoms with van der Waals surface area (Å²) < 4.78 is 2.08. The van der Waals surface area contributed by atoms with Crippen LogP contribution in [-0.4, -0.2) is 16.3 Å². The Kier molecular flexibility index (Phi) is 5.07. The third-order valence-corrected chi connectivity index (χ3v) is 3.80. The highest BCUT2D eigenvalue weighted by Crippen LogP contribution is 2.39. The van der Waals surface area contributed by atoms with Crippen LogP contribution in [-0.2, 0) is 6.54 Å². The Balaban J connectivity index is 2.13. The van der Waals surface area contributed by atoms with E-state index in [0.29, 0.717) is 6.04 Å². The first kappa shape index (κ1) is 13.9. The lowest BCUT2D eigenvalue weighted by molar-refractivity contribution is 0.431. The van der Waals surface area contributed by atoms with Gasteiger partial charge in [-0.05, 0) is 31.7 Å². The monoisotopic (exact) mass is 269 g/mol. The Hall–Kier alpha value is -0.540. The van der Waals surface area contributed by atoms with Crippen molar-refractivity contribution in [3.63, 3.8) is 0 Å². The van der Waals surface area contributed by atoms with Crippen molar-refractivity contribution in [1.82, 2.24) is 15.1 Å². The molecule has 1 heterocycles. The number of hydrogen-bond acceptors (Lipinski definition) is 2. The summed E-state index contributed by atoms with van der Waals surface area (Å²) >= 11 is 6.33. The van der Waals surface area contributed by atoms with Gasteiger partial charge in [0.2, 0.25) is 0 Å². The van der Waals surface area contributed by atoms with Crippen molar-refractivity contribution < 1.29 is 0 Å². The van der Waals surface area contributed by atoms with Crippen LogP contribution in [0.25, 0.3) is 0 Å². The zero-order valence-corrected chi connectivity index (χ0v) is 12.2. The molecule has 1 aromatic rings. The molecule has 4 heteroatoms. The van der Waals surface area contributed by atoms with Crippen molar-refractivity contribution in [2.75, 3.05) is 6.54 Å². The third kappa shape index (κ3) is 3.48. The summed E-state index contributed by atoms with van der Waals surface area (Å²) in [6, 6.07) is 0.374. The highest BCUT2D eigenvalue weighted by Gasteiger charge is 2.29. The van der Waals surface area contributed by atoms with Crippen LogP contribution in [0.1, 0.15) is 57.7 Å². The van der Waals surface area contributed by atoms with E-state index in [1.807, 2.05) is 0 Å². The molecule has 1 N–H and O–H groups in total. The number of rotatable bonds is 8. The molecule has 0 aromatic carbocycles. The second-order valence-electron chi connectivity index (χ2n) is 5.29. The van der Waals surface area contributed by atoms with Gasteiger partial charge in [0.05, 0.1) is 23.0 Å². The Morgan fingerprint density at radius 2 is 2.22 bits per heavy atom. The molecule has 0 aliphatic heterocycles. The van der Waals surface area contributed by atoms with E-state index in [1.54, 1.807) is 6.20 Å². The van der Waals surface area contributed by atoms with Crippen LogP contribution in [0, 0.1) is 5.92 Å². The van der Waals surface area contributed by atoms with E-state index < -0.39 is 0 Å². The molecule has 1 unspecified atom stereocenters. The Morgan fingerprint density at radius 3 is 2.83 bits per heavy atom. The van der Waals surface area contributed by atoms with Gasteiger partial charge in [-0.3, -0.25) is 4.68 Å². The van der Waals surface area contributed by atoms with E-state index in [4.69, 9.17) is 11.6 Å². The molecule has 0 radical (unpaired) electrons. The Morgan fingerprint density at radius 1 is 1.44 bits per heavy atom. The minimum Gasteiger partial charge on any atom is -0.309 e. The number of nitrogens with one attached hydrogen (secondary N) is 1. The molecule has 0 saturated heterocycles. The first-order valence-corrected chi connectivity index (χ1v) is 7.58.